The molecule has 3 aliphatic heterocycles. The van der Waals surface area contributed by atoms with Crippen molar-refractivity contribution in [2.24, 2.45) is 0 Å². The van der Waals surface area contributed by atoms with Crippen molar-refractivity contribution < 1.29 is 32.2 Å². The second-order valence-electron chi connectivity index (χ2n) is 9.05. The van der Waals surface area contributed by atoms with Gasteiger partial charge in [0.2, 0.25) is 15.9 Å². The number of aliphatic hydroxyl groups excluding tert-OH is 1. The summed E-state index contributed by atoms with van der Waals surface area (Å²) in [6, 6.07) is 4.27. The van der Waals surface area contributed by atoms with Gasteiger partial charge in [-0.2, -0.15) is 4.31 Å². The number of hydrogen-bond acceptors (Lipinski definition) is 7. The molecule has 1 aromatic carbocycles. The van der Waals surface area contributed by atoms with Gasteiger partial charge in [0.15, 0.2) is 0 Å². The maximum absolute atomic E-state index is 13.8. The van der Waals surface area contributed by atoms with Gasteiger partial charge in [-0.05, 0) is 38.1 Å². The van der Waals surface area contributed by atoms with Crippen LogP contribution in [0.2, 0.25) is 0 Å². The van der Waals surface area contributed by atoms with Crippen LogP contribution in [-0.4, -0.2) is 111 Å². The highest BCUT2D eigenvalue weighted by atomic mass is 32.2. The van der Waals surface area contributed by atoms with Crippen LogP contribution in [0.25, 0.3) is 0 Å². The molecular formula is C22H32FN3O6S. The van der Waals surface area contributed by atoms with Gasteiger partial charge in [0, 0.05) is 32.7 Å². The number of benzene rings is 1. The highest BCUT2D eigenvalue weighted by Crippen LogP contribution is 2.32. The Kier molecular flexibility index (Phi) is 7.66. The Bertz CT molecular complexity index is 940. The number of nitrogens with zero attached hydrogens (tertiary/aromatic N) is 3. The molecule has 11 heteroatoms. The molecule has 9 nitrogen and oxygen atoms in total. The highest BCUT2D eigenvalue weighted by molar-refractivity contribution is 7.89. The number of carbonyl (C=O) groups is 1. The Morgan fingerprint density at radius 1 is 1.18 bits per heavy atom. The average molecular weight is 486 g/mol. The lowest BCUT2D eigenvalue weighted by molar-refractivity contribution is -0.152. The van der Waals surface area contributed by atoms with Gasteiger partial charge < -0.3 is 24.4 Å². The van der Waals surface area contributed by atoms with E-state index in [1.807, 2.05) is 11.9 Å². The maximum atomic E-state index is 13.8. The van der Waals surface area contributed by atoms with E-state index in [9.17, 15) is 22.7 Å². The van der Waals surface area contributed by atoms with Gasteiger partial charge in [-0.15, -0.1) is 0 Å². The first-order chi connectivity index (χ1) is 15.7. The zero-order valence-electron chi connectivity index (χ0n) is 18.8. The second-order valence-corrected chi connectivity index (χ2v) is 10.9. The van der Waals surface area contributed by atoms with Crippen LogP contribution in [0.15, 0.2) is 29.2 Å². The molecule has 4 atom stereocenters. The third kappa shape index (κ3) is 5.72. The molecule has 3 fully saturated rings. The zero-order valence-corrected chi connectivity index (χ0v) is 19.6. The molecule has 1 amide bonds. The Balaban J connectivity index is 1.48. The first kappa shape index (κ1) is 24.5. The molecule has 1 N–H and O–H groups in total. The molecule has 0 saturated carbocycles. The molecule has 3 aliphatic rings. The van der Waals surface area contributed by atoms with Gasteiger partial charge in [0.25, 0.3) is 0 Å². The monoisotopic (exact) mass is 485 g/mol. The second kappa shape index (κ2) is 10.3. The minimum atomic E-state index is -4.07. The topological polar surface area (TPSA) is 99.6 Å². The van der Waals surface area contributed by atoms with Crippen LogP contribution in [0, 0.1) is 5.82 Å². The van der Waals surface area contributed by atoms with Crippen molar-refractivity contribution in [2.45, 2.75) is 48.5 Å². The largest absolute Gasteiger partial charge is 0.389 e. The van der Waals surface area contributed by atoms with E-state index in [1.54, 1.807) is 0 Å². The summed E-state index contributed by atoms with van der Waals surface area (Å²) in [6.45, 7) is 2.95. The predicted octanol–water partition coefficient (Wildman–Crippen LogP) is 0.288. The molecule has 0 aromatic heterocycles. The van der Waals surface area contributed by atoms with E-state index >= 15 is 0 Å². The van der Waals surface area contributed by atoms with E-state index in [1.165, 1.54) is 22.5 Å². The van der Waals surface area contributed by atoms with Crippen LogP contribution in [0.4, 0.5) is 4.39 Å². The average Bonchev–Trinajstić information content (AvgIpc) is 2.77. The van der Waals surface area contributed by atoms with Crippen molar-refractivity contribution in [3.8, 4) is 0 Å². The number of aliphatic hydroxyl groups is 1. The first-order valence-corrected chi connectivity index (χ1v) is 12.8. The molecule has 4 rings (SSSR count). The molecule has 0 bridgehead atoms. The summed E-state index contributed by atoms with van der Waals surface area (Å²) < 4.78 is 53.5. The standard InChI is InChI=1S/C22H32FN3O6S/c1-24-7-9-25(10-8-24)22(28)12-18-5-6-20-21(32-18)15-31-14-17(27)13-26(20)33(29,30)19-4-2-3-16(23)11-19/h2-4,11,17-18,20-21,27H,5-10,12-15H2,1H3/t17-,18-,20-,21+/m0/s1. The fraction of sp³-hybridized carbons (Fsp3) is 0.682. The highest BCUT2D eigenvalue weighted by Gasteiger charge is 2.43. The van der Waals surface area contributed by atoms with Crippen molar-refractivity contribution in [3.63, 3.8) is 0 Å². The van der Waals surface area contributed by atoms with Crippen LogP contribution >= 0.6 is 0 Å². The maximum Gasteiger partial charge on any atom is 0.243 e. The summed E-state index contributed by atoms with van der Waals surface area (Å²) in [5.74, 6) is -0.607. The van der Waals surface area contributed by atoms with Gasteiger partial charge >= 0.3 is 0 Å². The SMILES string of the molecule is CN1CCN(C(=O)C[C@@H]2CC[C@H]3[C@@H](COC[C@@H](O)CN3S(=O)(=O)c3cccc(F)c3)O2)CC1. The Morgan fingerprint density at radius 2 is 1.94 bits per heavy atom. The number of rotatable bonds is 4. The minimum absolute atomic E-state index is 0.0351. The first-order valence-electron chi connectivity index (χ1n) is 11.4. The number of carbonyl (C=O) groups excluding carboxylic acids is 1. The molecular weight excluding hydrogens is 453 g/mol. The Hall–Kier alpha value is -1.63. The molecule has 184 valence electrons. The van der Waals surface area contributed by atoms with Crippen molar-refractivity contribution in [1.29, 1.82) is 0 Å². The van der Waals surface area contributed by atoms with E-state index in [-0.39, 0.29) is 43.1 Å². The molecule has 0 unspecified atom stereocenters. The number of β-amino-alcohol motifs (C(OH)–C–C–N with tert-alkyl or cyclic N) is 1. The summed E-state index contributed by atoms with van der Waals surface area (Å²) in [6.07, 6.45) is -0.718. The Labute approximate surface area is 194 Å². The predicted molar refractivity (Wildman–Crippen MR) is 117 cm³/mol. The lowest BCUT2D eigenvalue weighted by Crippen LogP contribution is -2.57. The quantitative estimate of drug-likeness (QED) is 0.654. The zero-order chi connectivity index (χ0) is 23.6. The number of ether oxygens (including phenoxy) is 2. The van der Waals surface area contributed by atoms with Gasteiger partial charge in [-0.3, -0.25) is 4.79 Å². The number of likely N-dealkylation sites (N-methyl/N-ethyl adjacent to an activating group) is 1. The van der Waals surface area contributed by atoms with Gasteiger partial charge in [0.05, 0.1) is 48.9 Å². The number of halogens is 1. The van der Waals surface area contributed by atoms with E-state index in [2.05, 4.69) is 4.90 Å². The van der Waals surface area contributed by atoms with E-state index in [0.717, 1.165) is 19.2 Å². The van der Waals surface area contributed by atoms with Crippen LogP contribution < -0.4 is 0 Å². The minimum Gasteiger partial charge on any atom is -0.389 e. The number of sulfonamides is 1. The van der Waals surface area contributed by atoms with E-state index < -0.39 is 34.1 Å². The normalized spacial score (nSPS) is 30.3. The number of amides is 1. The van der Waals surface area contributed by atoms with Crippen LogP contribution in [0.5, 0.6) is 0 Å². The van der Waals surface area contributed by atoms with Crippen LogP contribution in [-0.2, 0) is 24.3 Å². The molecule has 0 aliphatic carbocycles. The Morgan fingerprint density at radius 3 is 2.67 bits per heavy atom. The molecule has 3 heterocycles. The fourth-order valence-corrected chi connectivity index (χ4v) is 6.46. The molecule has 33 heavy (non-hydrogen) atoms. The number of fused-ring (bicyclic) bond motifs is 1. The lowest BCUT2D eigenvalue weighted by Gasteiger charge is -2.44. The summed E-state index contributed by atoms with van der Waals surface area (Å²) in [7, 11) is -2.04. The van der Waals surface area contributed by atoms with Crippen molar-refractivity contribution >= 4 is 15.9 Å². The smallest absolute Gasteiger partial charge is 0.243 e. The number of piperazine rings is 1. The summed E-state index contributed by atoms with van der Waals surface area (Å²) in [5.41, 5.74) is 0. The fourth-order valence-electron chi connectivity index (χ4n) is 4.71. The lowest BCUT2D eigenvalue weighted by atomic mass is 9.96. The number of hydrogen-bond donors (Lipinski definition) is 1. The molecule has 3 saturated heterocycles. The van der Waals surface area contributed by atoms with Crippen molar-refractivity contribution in [2.75, 3.05) is 53.0 Å². The van der Waals surface area contributed by atoms with Crippen molar-refractivity contribution in [1.82, 2.24) is 14.1 Å². The van der Waals surface area contributed by atoms with E-state index in [0.29, 0.717) is 25.9 Å². The molecule has 1 aromatic rings. The van der Waals surface area contributed by atoms with Gasteiger partial charge in [-0.25, -0.2) is 12.8 Å². The molecule has 0 radical (unpaired) electrons. The van der Waals surface area contributed by atoms with Gasteiger partial charge in [0.1, 0.15) is 5.82 Å². The summed E-state index contributed by atoms with van der Waals surface area (Å²) >= 11 is 0. The third-order valence-corrected chi connectivity index (χ3v) is 8.48. The van der Waals surface area contributed by atoms with Gasteiger partial charge in [-0.1, -0.05) is 6.07 Å². The van der Waals surface area contributed by atoms with Crippen molar-refractivity contribution in [3.05, 3.63) is 30.1 Å². The third-order valence-electron chi connectivity index (χ3n) is 6.59. The van der Waals surface area contributed by atoms with Crippen LogP contribution in [0.3, 0.4) is 0 Å². The van der Waals surface area contributed by atoms with E-state index in [4.69, 9.17) is 9.47 Å². The summed E-state index contributed by atoms with van der Waals surface area (Å²) in [5, 5.41) is 10.3. The molecule has 0 spiro atoms. The van der Waals surface area contributed by atoms with Crippen LogP contribution in [0.1, 0.15) is 19.3 Å². The summed E-state index contributed by atoms with van der Waals surface area (Å²) in [4.78, 5) is 16.6.